The van der Waals surface area contributed by atoms with Gasteiger partial charge in [0.1, 0.15) is 5.15 Å². The number of rotatable bonds is 1. The zero-order chi connectivity index (χ0) is 10.3. The normalized spacial score (nSPS) is 34.3. The first-order chi connectivity index (χ1) is 7.33. The molecule has 0 aromatic carbocycles. The Morgan fingerprint density at radius 1 is 1.20 bits per heavy atom. The molecule has 1 aromatic rings. The van der Waals surface area contributed by atoms with Gasteiger partial charge in [0.2, 0.25) is 0 Å². The van der Waals surface area contributed by atoms with Gasteiger partial charge in [-0.25, -0.2) is 4.98 Å². The van der Waals surface area contributed by atoms with Gasteiger partial charge >= 0.3 is 0 Å². The van der Waals surface area contributed by atoms with Crippen LogP contribution in [0.1, 0.15) is 37.2 Å². The smallest absolute Gasteiger partial charge is 0.129 e. The van der Waals surface area contributed by atoms with Crippen LogP contribution in [0, 0.1) is 0 Å². The average Bonchev–Trinajstić information content (AvgIpc) is 2.63. The van der Waals surface area contributed by atoms with Crippen LogP contribution in [0.3, 0.4) is 0 Å². The summed E-state index contributed by atoms with van der Waals surface area (Å²) in [6.45, 7) is 0. The molecule has 2 saturated heterocycles. The molecule has 0 radical (unpaired) electrons. The molecule has 3 heterocycles. The number of pyridine rings is 1. The molecule has 0 amide bonds. The van der Waals surface area contributed by atoms with E-state index in [0.29, 0.717) is 17.1 Å². The van der Waals surface area contributed by atoms with Gasteiger partial charge in [0.25, 0.3) is 0 Å². The lowest BCUT2D eigenvalue weighted by Crippen LogP contribution is -2.39. The third-order valence-electron chi connectivity index (χ3n) is 3.77. The molecule has 2 nitrogen and oxygen atoms in total. The summed E-state index contributed by atoms with van der Waals surface area (Å²) in [5.41, 5.74) is 1.34. The predicted octanol–water partition coefficient (Wildman–Crippen LogP) is 2.73. The third-order valence-corrected chi connectivity index (χ3v) is 3.99. The number of fused-ring (bicyclic) bond motifs is 2. The molecule has 2 bridgehead atoms. The summed E-state index contributed by atoms with van der Waals surface area (Å²) in [7, 11) is 0. The summed E-state index contributed by atoms with van der Waals surface area (Å²) in [6, 6.07) is 5.48. The van der Waals surface area contributed by atoms with Gasteiger partial charge in [0.15, 0.2) is 0 Å². The van der Waals surface area contributed by atoms with Gasteiger partial charge in [-0.3, -0.25) is 0 Å². The number of piperidine rings is 1. The molecule has 0 spiro atoms. The van der Waals surface area contributed by atoms with E-state index in [4.69, 9.17) is 11.6 Å². The molecule has 2 aliphatic rings. The molecule has 3 rings (SSSR count). The van der Waals surface area contributed by atoms with Gasteiger partial charge in [0.05, 0.1) is 0 Å². The zero-order valence-electron chi connectivity index (χ0n) is 8.62. The Kier molecular flexibility index (Phi) is 2.41. The van der Waals surface area contributed by atoms with Crippen LogP contribution in [0.5, 0.6) is 0 Å². The Balaban J connectivity index is 1.84. The zero-order valence-corrected chi connectivity index (χ0v) is 9.37. The minimum Gasteiger partial charge on any atom is -0.311 e. The van der Waals surface area contributed by atoms with Crippen LogP contribution in [0.4, 0.5) is 0 Å². The van der Waals surface area contributed by atoms with E-state index in [2.05, 4.69) is 16.4 Å². The van der Waals surface area contributed by atoms with Crippen molar-refractivity contribution in [1.82, 2.24) is 10.3 Å². The van der Waals surface area contributed by atoms with Crippen molar-refractivity contribution in [1.29, 1.82) is 0 Å². The lowest BCUT2D eigenvalue weighted by Gasteiger charge is -2.30. The van der Waals surface area contributed by atoms with Gasteiger partial charge in [0, 0.05) is 24.2 Å². The fourth-order valence-corrected chi connectivity index (χ4v) is 3.09. The maximum atomic E-state index is 5.80. The predicted molar refractivity (Wildman–Crippen MR) is 61.2 cm³/mol. The largest absolute Gasteiger partial charge is 0.311 e. The lowest BCUT2D eigenvalue weighted by atomic mass is 9.86. The Morgan fingerprint density at radius 2 is 2.07 bits per heavy atom. The summed E-state index contributed by atoms with van der Waals surface area (Å²) >= 11 is 5.80. The van der Waals surface area contributed by atoms with Crippen LogP contribution in [-0.2, 0) is 0 Å². The van der Waals surface area contributed by atoms with E-state index in [0.717, 1.165) is 6.04 Å². The first-order valence-electron chi connectivity index (χ1n) is 5.70. The number of nitrogens with zero attached hydrogens (tertiary/aromatic N) is 1. The molecule has 2 aliphatic heterocycles. The van der Waals surface area contributed by atoms with E-state index in [9.17, 15) is 0 Å². The molecule has 0 unspecified atom stereocenters. The topological polar surface area (TPSA) is 24.9 Å². The molecule has 1 aromatic heterocycles. The van der Waals surface area contributed by atoms with Crippen molar-refractivity contribution in [2.24, 2.45) is 0 Å². The van der Waals surface area contributed by atoms with Crippen LogP contribution in [-0.4, -0.2) is 17.1 Å². The monoisotopic (exact) mass is 222 g/mol. The van der Waals surface area contributed by atoms with Crippen molar-refractivity contribution < 1.29 is 0 Å². The lowest BCUT2D eigenvalue weighted by molar-refractivity contribution is 0.358. The van der Waals surface area contributed by atoms with E-state index in [1.807, 2.05) is 12.3 Å². The van der Waals surface area contributed by atoms with Crippen LogP contribution in [0.15, 0.2) is 18.3 Å². The van der Waals surface area contributed by atoms with Gasteiger partial charge in [-0.1, -0.05) is 17.7 Å². The Labute approximate surface area is 95.0 Å². The summed E-state index contributed by atoms with van der Waals surface area (Å²) in [6.07, 6.45) is 7.21. The summed E-state index contributed by atoms with van der Waals surface area (Å²) < 4.78 is 0. The van der Waals surface area contributed by atoms with Gasteiger partial charge < -0.3 is 5.32 Å². The Morgan fingerprint density at radius 3 is 2.87 bits per heavy atom. The second kappa shape index (κ2) is 3.76. The Bertz CT molecular complexity index is 349. The summed E-state index contributed by atoms with van der Waals surface area (Å²) in [4.78, 5) is 4.17. The minimum absolute atomic E-state index is 0.590. The van der Waals surface area contributed by atoms with Crippen LogP contribution < -0.4 is 5.32 Å². The molecule has 3 heteroatoms. The van der Waals surface area contributed by atoms with Crippen molar-refractivity contribution in [3.63, 3.8) is 0 Å². The summed E-state index contributed by atoms with van der Waals surface area (Å²) in [5.74, 6) is 0.647. The van der Waals surface area contributed by atoms with Crippen molar-refractivity contribution in [3.05, 3.63) is 29.0 Å². The molecule has 15 heavy (non-hydrogen) atoms. The number of halogens is 1. The Hall–Kier alpha value is -0.600. The summed E-state index contributed by atoms with van der Waals surface area (Å²) in [5, 5.41) is 4.28. The molecule has 2 fully saturated rings. The first kappa shape index (κ1) is 9.61. The molecule has 80 valence electrons. The quantitative estimate of drug-likeness (QED) is 0.740. The molecule has 3 atom stereocenters. The molecule has 0 aliphatic carbocycles. The number of nitrogens with one attached hydrogen (secondary N) is 1. The highest BCUT2D eigenvalue weighted by Gasteiger charge is 2.35. The van der Waals surface area contributed by atoms with Crippen LogP contribution in [0.25, 0.3) is 0 Å². The highest BCUT2D eigenvalue weighted by molar-refractivity contribution is 6.29. The van der Waals surface area contributed by atoms with E-state index in [1.165, 1.54) is 31.2 Å². The van der Waals surface area contributed by atoms with Crippen molar-refractivity contribution >= 4 is 11.6 Å². The fraction of sp³-hybridized carbons (Fsp3) is 0.583. The van der Waals surface area contributed by atoms with Crippen LogP contribution in [0.2, 0.25) is 5.15 Å². The van der Waals surface area contributed by atoms with E-state index in [-0.39, 0.29) is 0 Å². The minimum atomic E-state index is 0.590. The molecular weight excluding hydrogens is 208 g/mol. The van der Waals surface area contributed by atoms with Crippen molar-refractivity contribution in [2.75, 3.05) is 0 Å². The third kappa shape index (κ3) is 1.77. The number of hydrogen-bond donors (Lipinski definition) is 1. The number of aromatic nitrogens is 1. The molecule has 0 saturated carbocycles. The van der Waals surface area contributed by atoms with Gasteiger partial charge in [-0.05, 0) is 37.3 Å². The van der Waals surface area contributed by atoms with Gasteiger partial charge in [-0.2, -0.15) is 0 Å². The number of hydrogen-bond acceptors (Lipinski definition) is 2. The second-order valence-electron chi connectivity index (χ2n) is 4.65. The van der Waals surface area contributed by atoms with E-state index in [1.54, 1.807) is 0 Å². The fourth-order valence-electron chi connectivity index (χ4n) is 2.98. The van der Waals surface area contributed by atoms with E-state index >= 15 is 0 Å². The van der Waals surface area contributed by atoms with Gasteiger partial charge in [-0.15, -0.1) is 0 Å². The maximum Gasteiger partial charge on any atom is 0.129 e. The first-order valence-corrected chi connectivity index (χ1v) is 6.08. The van der Waals surface area contributed by atoms with E-state index < -0.39 is 0 Å². The molecule has 1 N–H and O–H groups in total. The van der Waals surface area contributed by atoms with Crippen molar-refractivity contribution in [3.8, 4) is 0 Å². The maximum absolute atomic E-state index is 5.80. The standard InChI is InChI=1S/C12H15ClN2/c13-12-6-1-8(7-14-12)10-4-2-9-3-5-11(10)15-9/h1,6-7,9-11,15H,2-5H2/t9-,10-,11-/m1/s1. The second-order valence-corrected chi connectivity index (χ2v) is 5.03. The average molecular weight is 223 g/mol. The highest BCUT2D eigenvalue weighted by atomic mass is 35.5. The van der Waals surface area contributed by atoms with Crippen molar-refractivity contribution in [2.45, 2.75) is 43.7 Å². The van der Waals surface area contributed by atoms with Crippen LogP contribution >= 0.6 is 11.6 Å². The SMILES string of the molecule is Clc1ccc([C@H]2CC[C@@H]3CC[C@H]2N3)cn1. The molecular formula is C12H15ClN2. The highest BCUT2D eigenvalue weighted by Crippen LogP contribution is 2.37.